The monoisotopic (exact) mass is 281 g/mol. The zero-order valence-corrected chi connectivity index (χ0v) is 12.0. The summed E-state index contributed by atoms with van der Waals surface area (Å²) in [5.74, 6) is 1.35. The van der Waals surface area contributed by atoms with Gasteiger partial charge in [-0.15, -0.1) is 11.8 Å². The van der Waals surface area contributed by atoms with Gasteiger partial charge in [0.05, 0.1) is 0 Å². The van der Waals surface area contributed by atoms with Gasteiger partial charge in [0.2, 0.25) is 5.96 Å². The van der Waals surface area contributed by atoms with Crippen molar-refractivity contribution >= 4 is 17.7 Å². The number of hydrogen-bond acceptors (Lipinski definition) is 5. The standard InChI is InChI=1S/C11H19N7S/c1-8-10(19-2)18-9(17-8)3-5-14-11(16-7-13)15-6-4-12/h3-6,12H2,1-2H3,(H,17,18)(H2,14,15,16). The molecule has 0 fully saturated rings. The lowest BCUT2D eigenvalue weighted by atomic mass is 10.4. The number of thioether (sulfide) groups is 1. The molecule has 1 aromatic rings. The van der Waals surface area contributed by atoms with Crippen LogP contribution in [0.4, 0.5) is 0 Å². The fourth-order valence-electron chi connectivity index (χ4n) is 1.48. The molecule has 0 aromatic carbocycles. The van der Waals surface area contributed by atoms with Crippen molar-refractivity contribution in [3.05, 3.63) is 11.5 Å². The minimum Gasteiger partial charge on any atom is -0.354 e. The number of hydrogen-bond donors (Lipinski definition) is 4. The van der Waals surface area contributed by atoms with Gasteiger partial charge in [-0.3, -0.25) is 10.3 Å². The molecule has 0 bridgehead atoms. The van der Waals surface area contributed by atoms with Crippen LogP contribution in [0.2, 0.25) is 0 Å². The lowest BCUT2D eigenvalue weighted by Gasteiger charge is -2.05. The van der Waals surface area contributed by atoms with E-state index in [2.05, 4.69) is 25.6 Å². The molecule has 1 heterocycles. The van der Waals surface area contributed by atoms with Gasteiger partial charge in [0, 0.05) is 31.7 Å². The van der Waals surface area contributed by atoms with Crippen LogP contribution in [0.5, 0.6) is 0 Å². The Bertz CT molecular complexity index is 460. The summed E-state index contributed by atoms with van der Waals surface area (Å²) >= 11 is 1.62. The highest BCUT2D eigenvalue weighted by atomic mass is 32.2. The average molecular weight is 281 g/mol. The third-order valence-corrected chi connectivity index (χ3v) is 3.10. The quantitative estimate of drug-likeness (QED) is 0.191. The second-order valence-corrected chi connectivity index (χ2v) is 4.55. The van der Waals surface area contributed by atoms with Crippen molar-refractivity contribution in [3.8, 4) is 6.19 Å². The molecular formula is C11H19N7S. The lowest BCUT2D eigenvalue weighted by Crippen LogP contribution is -2.37. The van der Waals surface area contributed by atoms with Crippen LogP contribution in [0, 0.1) is 18.4 Å². The number of aliphatic imine (C=N–C) groups is 1. The van der Waals surface area contributed by atoms with Crippen LogP contribution in [-0.2, 0) is 6.42 Å². The Kier molecular flexibility index (Phi) is 6.78. The number of nitriles is 1. The van der Waals surface area contributed by atoms with Gasteiger partial charge in [-0.05, 0) is 13.2 Å². The van der Waals surface area contributed by atoms with Gasteiger partial charge in [0.15, 0.2) is 6.19 Å². The molecule has 5 N–H and O–H groups in total. The van der Waals surface area contributed by atoms with E-state index in [1.807, 2.05) is 19.4 Å². The molecule has 8 heteroatoms. The summed E-state index contributed by atoms with van der Waals surface area (Å²) < 4.78 is 0. The first kappa shape index (κ1) is 15.3. The van der Waals surface area contributed by atoms with Crippen LogP contribution in [0.1, 0.15) is 11.5 Å². The molecule has 0 aliphatic rings. The predicted molar refractivity (Wildman–Crippen MR) is 76.9 cm³/mol. The number of aromatic amines is 1. The molecule has 19 heavy (non-hydrogen) atoms. The molecule has 7 nitrogen and oxygen atoms in total. The van der Waals surface area contributed by atoms with E-state index in [4.69, 9.17) is 11.0 Å². The summed E-state index contributed by atoms with van der Waals surface area (Å²) in [6.07, 6.45) is 4.53. The number of guanidine groups is 1. The Labute approximate surface area is 117 Å². The fraction of sp³-hybridized carbons (Fsp3) is 0.545. The van der Waals surface area contributed by atoms with Crippen LogP contribution in [0.25, 0.3) is 0 Å². The van der Waals surface area contributed by atoms with Crippen molar-refractivity contribution in [1.29, 1.82) is 5.26 Å². The number of nitrogens with zero attached hydrogens (tertiary/aromatic N) is 3. The zero-order valence-electron chi connectivity index (χ0n) is 11.2. The van der Waals surface area contributed by atoms with Crippen molar-refractivity contribution in [3.63, 3.8) is 0 Å². The Morgan fingerprint density at radius 3 is 3.00 bits per heavy atom. The van der Waals surface area contributed by atoms with Gasteiger partial charge in [-0.1, -0.05) is 0 Å². The Hall–Kier alpha value is -1.72. The fourth-order valence-corrected chi connectivity index (χ4v) is 2.04. The number of rotatable bonds is 6. The minimum absolute atomic E-state index is 0.446. The molecule has 0 unspecified atom stereocenters. The first-order valence-corrected chi connectivity index (χ1v) is 7.16. The van der Waals surface area contributed by atoms with Crippen molar-refractivity contribution in [2.75, 3.05) is 25.9 Å². The maximum absolute atomic E-state index is 8.59. The summed E-state index contributed by atoms with van der Waals surface area (Å²) in [6, 6.07) is 0. The van der Waals surface area contributed by atoms with E-state index >= 15 is 0 Å². The van der Waals surface area contributed by atoms with Crippen molar-refractivity contribution in [2.45, 2.75) is 18.4 Å². The van der Waals surface area contributed by atoms with E-state index in [0.29, 0.717) is 32.0 Å². The highest BCUT2D eigenvalue weighted by Gasteiger charge is 2.05. The number of nitrogens with one attached hydrogen (secondary N) is 3. The molecule has 104 valence electrons. The van der Waals surface area contributed by atoms with E-state index in [1.165, 1.54) is 0 Å². The van der Waals surface area contributed by atoms with Crippen molar-refractivity contribution in [2.24, 2.45) is 10.7 Å². The Morgan fingerprint density at radius 2 is 2.42 bits per heavy atom. The molecule has 0 aliphatic carbocycles. The highest BCUT2D eigenvalue weighted by Crippen LogP contribution is 2.16. The maximum Gasteiger partial charge on any atom is 0.204 e. The summed E-state index contributed by atoms with van der Waals surface area (Å²) in [4.78, 5) is 11.9. The zero-order chi connectivity index (χ0) is 14.1. The second-order valence-electron chi connectivity index (χ2n) is 3.75. The summed E-state index contributed by atoms with van der Waals surface area (Å²) in [5.41, 5.74) is 6.45. The molecular weight excluding hydrogens is 262 g/mol. The molecule has 0 saturated heterocycles. The van der Waals surface area contributed by atoms with E-state index in [1.54, 1.807) is 11.8 Å². The lowest BCUT2D eigenvalue weighted by molar-refractivity contribution is 0.825. The van der Waals surface area contributed by atoms with Crippen LogP contribution in [0.15, 0.2) is 10.0 Å². The molecule has 0 atom stereocenters. The SMILES string of the molecule is CSc1nc(CCN=C(NC#N)NCCN)[nH]c1C. The van der Waals surface area contributed by atoms with Gasteiger partial charge in [-0.25, -0.2) is 4.98 Å². The van der Waals surface area contributed by atoms with Gasteiger partial charge >= 0.3 is 0 Å². The van der Waals surface area contributed by atoms with E-state index in [-0.39, 0.29) is 0 Å². The molecule has 1 aromatic heterocycles. The van der Waals surface area contributed by atoms with E-state index in [9.17, 15) is 0 Å². The van der Waals surface area contributed by atoms with Crippen LogP contribution < -0.4 is 16.4 Å². The first-order chi connectivity index (χ1) is 9.21. The molecule has 0 saturated carbocycles. The smallest absolute Gasteiger partial charge is 0.204 e. The molecule has 0 radical (unpaired) electrons. The molecule has 0 spiro atoms. The Morgan fingerprint density at radius 1 is 1.63 bits per heavy atom. The number of aryl methyl sites for hydroxylation is 1. The Balaban J connectivity index is 2.51. The summed E-state index contributed by atoms with van der Waals surface area (Å²) in [5, 5.41) is 15.0. The van der Waals surface area contributed by atoms with Crippen LogP contribution in [0.3, 0.4) is 0 Å². The second kappa shape index (κ2) is 8.39. The normalized spacial score (nSPS) is 11.2. The predicted octanol–water partition coefficient (Wildman–Crippen LogP) is -0.0425. The van der Waals surface area contributed by atoms with Gasteiger partial charge in [0.1, 0.15) is 10.9 Å². The van der Waals surface area contributed by atoms with Crippen LogP contribution >= 0.6 is 11.8 Å². The van der Waals surface area contributed by atoms with Gasteiger partial charge in [-0.2, -0.15) is 5.26 Å². The summed E-state index contributed by atoms with van der Waals surface area (Å²) in [6.45, 7) is 3.60. The van der Waals surface area contributed by atoms with Gasteiger partial charge in [0.25, 0.3) is 0 Å². The summed E-state index contributed by atoms with van der Waals surface area (Å²) in [7, 11) is 0. The van der Waals surface area contributed by atoms with Crippen molar-refractivity contribution in [1.82, 2.24) is 20.6 Å². The minimum atomic E-state index is 0.446. The number of H-pyrrole nitrogens is 1. The number of imidazole rings is 1. The molecule has 0 aliphatic heterocycles. The highest BCUT2D eigenvalue weighted by molar-refractivity contribution is 7.98. The third kappa shape index (κ3) is 5.19. The average Bonchev–Trinajstić information content (AvgIpc) is 2.76. The van der Waals surface area contributed by atoms with E-state index < -0.39 is 0 Å². The molecule has 1 rings (SSSR count). The number of aromatic nitrogens is 2. The maximum atomic E-state index is 8.59. The van der Waals surface area contributed by atoms with Crippen LogP contribution in [-0.4, -0.2) is 41.8 Å². The first-order valence-electron chi connectivity index (χ1n) is 5.94. The van der Waals surface area contributed by atoms with Gasteiger partial charge < -0.3 is 16.0 Å². The van der Waals surface area contributed by atoms with Crippen molar-refractivity contribution < 1.29 is 0 Å². The third-order valence-electron chi connectivity index (χ3n) is 2.31. The molecule has 0 amide bonds. The van der Waals surface area contributed by atoms with E-state index in [0.717, 1.165) is 16.5 Å². The number of nitrogens with two attached hydrogens (primary N) is 1. The topological polar surface area (TPSA) is 115 Å². The largest absolute Gasteiger partial charge is 0.354 e.